The van der Waals surface area contributed by atoms with Gasteiger partial charge in [-0.15, -0.1) is 0 Å². The van der Waals surface area contributed by atoms with E-state index in [1.54, 1.807) is 12.2 Å². The summed E-state index contributed by atoms with van der Waals surface area (Å²) in [5.41, 5.74) is 1.84. The molecule has 0 saturated heterocycles. The zero-order valence-electron chi connectivity index (χ0n) is 7.13. The van der Waals surface area contributed by atoms with Gasteiger partial charge in [0.25, 0.3) is 0 Å². The van der Waals surface area contributed by atoms with Crippen molar-refractivity contribution in [3.8, 4) is 0 Å². The molecule has 0 aromatic heterocycles. The quantitative estimate of drug-likeness (QED) is 0.537. The lowest BCUT2D eigenvalue weighted by Gasteiger charge is -2.09. The highest BCUT2D eigenvalue weighted by Gasteiger charge is 2.43. The van der Waals surface area contributed by atoms with E-state index in [1.165, 1.54) is 0 Å². The number of carbonyl (C=O) groups is 2. The van der Waals surface area contributed by atoms with E-state index < -0.39 is 0 Å². The summed E-state index contributed by atoms with van der Waals surface area (Å²) in [7, 11) is 0. The van der Waals surface area contributed by atoms with Gasteiger partial charge in [0, 0.05) is 0 Å². The van der Waals surface area contributed by atoms with Crippen molar-refractivity contribution in [2.75, 3.05) is 0 Å². The molecule has 2 aliphatic carbocycles. The Labute approximate surface area is 71.0 Å². The molecule has 2 nitrogen and oxygen atoms in total. The lowest BCUT2D eigenvalue weighted by Crippen LogP contribution is -2.17. The zero-order valence-corrected chi connectivity index (χ0v) is 7.13. The van der Waals surface area contributed by atoms with Gasteiger partial charge in [0.15, 0.2) is 11.6 Å². The number of hydrogen-bond donors (Lipinski definition) is 0. The van der Waals surface area contributed by atoms with Gasteiger partial charge in [-0.1, -0.05) is 11.1 Å². The van der Waals surface area contributed by atoms with Crippen molar-refractivity contribution in [1.29, 1.82) is 0 Å². The second kappa shape index (κ2) is 2.16. The molecule has 2 heteroatoms. The minimum absolute atomic E-state index is 0.0945. The Morgan fingerprint density at radius 1 is 0.917 bits per heavy atom. The molecule has 2 aliphatic rings. The van der Waals surface area contributed by atoms with Crippen molar-refractivity contribution in [1.82, 2.24) is 0 Å². The largest absolute Gasteiger partial charge is 0.294 e. The molecule has 0 aromatic carbocycles. The van der Waals surface area contributed by atoms with Gasteiger partial charge < -0.3 is 0 Å². The first kappa shape index (κ1) is 7.47. The Bertz CT molecular complexity index is 300. The Morgan fingerprint density at radius 3 is 1.58 bits per heavy atom. The lowest BCUT2D eigenvalue weighted by atomic mass is 9.90. The summed E-state index contributed by atoms with van der Waals surface area (Å²) in [4.78, 5) is 22.7. The van der Waals surface area contributed by atoms with Crippen LogP contribution in [0, 0.1) is 11.8 Å². The topological polar surface area (TPSA) is 34.1 Å². The summed E-state index contributed by atoms with van der Waals surface area (Å²) in [6, 6.07) is 0. The number of allylic oxidation sites excluding steroid dienone is 4. The maximum atomic E-state index is 11.4. The lowest BCUT2D eigenvalue weighted by molar-refractivity contribution is -0.122. The SMILES string of the molecule is CC1=CC(=O)[C@@H]2C(C)=CC(=O)[C@H]12. The Kier molecular flexibility index (Phi) is 1.34. The fourth-order valence-electron chi connectivity index (χ4n) is 2.11. The summed E-state index contributed by atoms with van der Waals surface area (Å²) in [5, 5.41) is 0. The monoisotopic (exact) mass is 162 g/mol. The zero-order chi connectivity index (χ0) is 8.88. The molecule has 2 atom stereocenters. The van der Waals surface area contributed by atoms with E-state index in [-0.39, 0.29) is 23.4 Å². The van der Waals surface area contributed by atoms with Crippen molar-refractivity contribution in [3.63, 3.8) is 0 Å². The fourth-order valence-corrected chi connectivity index (χ4v) is 2.11. The van der Waals surface area contributed by atoms with Crippen molar-refractivity contribution in [3.05, 3.63) is 23.3 Å². The third-order valence-electron chi connectivity index (χ3n) is 2.67. The van der Waals surface area contributed by atoms with E-state index in [9.17, 15) is 9.59 Å². The van der Waals surface area contributed by atoms with Crippen LogP contribution in [0.3, 0.4) is 0 Å². The van der Waals surface area contributed by atoms with Gasteiger partial charge in [-0.2, -0.15) is 0 Å². The second-order valence-corrected chi connectivity index (χ2v) is 3.54. The summed E-state index contributed by atoms with van der Waals surface area (Å²) in [6.45, 7) is 3.71. The average molecular weight is 162 g/mol. The first-order chi connectivity index (χ1) is 5.61. The van der Waals surface area contributed by atoms with Gasteiger partial charge in [-0.3, -0.25) is 9.59 Å². The Morgan fingerprint density at radius 2 is 1.25 bits per heavy atom. The third kappa shape index (κ3) is 0.750. The predicted octanol–water partition coefficient (Wildman–Crippen LogP) is 1.28. The van der Waals surface area contributed by atoms with Crippen LogP contribution >= 0.6 is 0 Å². The smallest absolute Gasteiger partial charge is 0.163 e. The molecule has 62 valence electrons. The highest BCUT2D eigenvalue weighted by molar-refractivity contribution is 6.10. The summed E-state index contributed by atoms with van der Waals surface area (Å²) in [6.07, 6.45) is 3.20. The van der Waals surface area contributed by atoms with Crippen LogP contribution in [0.15, 0.2) is 23.3 Å². The van der Waals surface area contributed by atoms with Crippen LogP contribution in [-0.2, 0) is 9.59 Å². The van der Waals surface area contributed by atoms with Gasteiger partial charge in [0.2, 0.25) is 0 Å². The van der Waals surface area contributed by atoms with E-state index in [0.717, 1.165) is 11.1 Å². The standard InChI is InChI=1S/C10H10O2/c1-5-3-7(11)10-6(2)4-8(12)9(5)10/h3-4,9-10H,1-2H3/t9-,10-/m0/s1. The molecule has 0 aromatic rings. The van der Waals surface area contributed by atoms with Gasteiger partial charge in [0.05, 0.1) is 11.8 Å². The van der Waals surface area contributed by atoms with Crippen molar-refractivity contribution >= 4 is 11.6 Å². The van der Waals surface area contributed by atoms with Gasteiger partial charge in [-0.05, 0) is 26.0 Å². The van der Waals surface area contributed by atoms with Gasteiger partial charge in [-0.25, -0.2) is 0 Å². The highest BCUT2D eigenvalue weighted by Crippen LogP contribution is 2.39. The first-order valence-electron chi connectivity index (χ1n) is 4.05. The number of rotatable bonds is 0. The van der Waals surface area contributed by atoms with Crippen molar-refractivity contribution < 1.29 is 9.59 Å². The molecule has 0 unspecified atom stereocenters. The summed E-state index contributed by atoms with van der Waals surface area (Å²) in [5.74, 6) is -0.121. The van der Waals surface area contributed by atoms with Crippen LogP contribution in [-0.4, -0.2) is 11.6 Å². The molecule has 0 heterocycles. The molecule has 0 radical (unpaired) electrons. The fraction of sp³-hybridized carbons (Fsp3) is 0.400. The van der Waals surface area contributed by atoms with Crippen LogP contribution < -0.4 is 0 Å². The van der Waals surface area contributed by atoms with Gasteiger partial charge >= 0.3 is 0 Å². The minimum Gasteiger partial charge on any atom is -0.294 e. The van der Waals surface area contributed by atoms with E-state index >= 15 is 0 Å². The number of fused-ring (bicyclic) bond motifs is 1. The Balaban J connectivity index is 2.46. The third-order valence-corrected chi connectivity index (χ3v) is 2.67. The van der Waals surface area contributed by atoms with E-state index in [1.807, 2.05) is 13.8 Å². The molecule has 0 fully saturated rings. The molecule has 0 bridgehead atoms. The summed E-state index contributed by atoms with van der Waals surface area (Å²) < 4.78 is 0. The molecule has 0 amide bonds. The first-order valence-corrected chi connectivity index (χ1v) is 4.05. The van der Waals surface area contributed by atoms with Crippen LogP contribution in [0.5, 0.6) is 0 Å². The average Bonchev–Trinajstić information content (AvgIpc) is 2.38. The second-order valence-electron chi connectivity index (χ2n) is 3.54. The maximum Gasteiger partial charge on any atom is 0.163 e. The van der Waals surface area contributed by atoms with Crippen molar-refractivity contribution in [2.45, 2.75) is 13.8 Å². The maximum absolute atomic E-state index is 11.4. The molecule has 0 aliphatic heterocycles. The van der Waals surface area contributed by atoms with Crippen LogP contribution in [0.4, 0.5) is 0 Å². The number of carbonyl (C=O) groups excluding carboxylic acids is 2. The molecule has 0 N–H and O–H groups in total. The highest BCUT2D eigenvalue weighted by atomic mass is 16.1. The minimum atomic E-state index is -0.155. The van der Waals surface area contributed by atoms with Crippen LogP contribution in [0.25, 0.3) is 0 Å². The van der Waals surface area contributed by atoms with Crippen molar-refractivity contribution in [2.24, 2.45) is 11.8 Å². The molecule has 0 spiro atoms. The van der Waals surface area contributed by atoms with E-state index in [4.69, 9.17) is 0 Å². The molecule has 12 heavy (non-hydrogen) atoms. The molecule has 0 saturated carbocycles. The summed E-state index contributed by atoms with van der Waals surface area (Å²) >= 11 is 0. The molecular weight excluding hydrogens is 152 g/mol. The number of hydrogen-bond acceptors (Lipinski definition) is 2. The Hall–Kier alpha value is -1.18. The van der Waals surface area contributed by atoms with Crippen LogP contribution in [0.2, 0.25) is 0 Å². The normalized spacial score (nSPS) is 33.5. The van der Waals surface area contributed by atoms with E-state index in [0.29, 0.717) is 0 Å². The van der Waals surface area contributed by atoms with E-state index in [2.05, 4.69) is 0 Å². The van der Waals surface area contributed by atoms with Crippen LogP contribution in [0.1, 0.15) is 13.8 Å². The van der Waals surface area contributed by atoms with Gasteiger partial charge in [0.1, 0.15) is 0 Å². The molecule has 2 rings (SSSR count). The predicted molar refractivity (Wildman–Crippen MR) is 44.5 cm³/mol. The molecular formula is C10H10O2. The number of ketones is 2.